The van der Waals surface area contributed by atoms with Crippen LogP contribution in [-0.4, -0.2) is 13.8 Å². The SMILES string of the molecule is COc1ccccc1CP(C)c1ccccc1. The second-order valence-corrected chi connectivity index (χ2v) is 6.23. The topological polar surface area (TPSA) is 9.23 Å². The third-order valence-corrected chi connectivity index (χ3v) is 4.79. The van der Waals surface area contributed by atoms with E-state index in [0.717, 1.165) is 11.9 Å². The third-order valence-electron chi connectivity index (χ3n) is 2.80. The molecule has 0 radical (unpaired) electrons. The summed E-state index contributed by atoms with van der Waals surface area (Å²) < 4.78 is 5.39. The molecule has 0 saturated heterocycles. The molecule has 2 rings (SSSR count). The average molecular weight is 244 g/mol. The van der Waals surface area contributed by atoms with E-state index in [4.69, 9.17) is 4.74 Å². The molecule has 0 heterocycles. The summed E-state index contributed by atoms with van der Waals surface area (Å²) >= 11 is 0. The van der Waals surface area contributed by atoms with Gasteiger partial charge < -0.3 is 4.74 Å². The highest BCUT2D eigenvalue weighted by Crippen LogP contribution is 2.37. The van der Waals surface area contributed by atoms with Crippen LogP contribution in [0, 0.1) is 0 Å². The van der Waals surface area contributed by atoms with Gasteiger partial charge in [-0.3, -0.25) is 0 Å². The molecule has 0 aromatic heterocycles. The molecular formula is C15H17OP. The molecule has 2 aromatic carbocycles. The number of hydrogen-bond donors (Lipinski definition) is 0. The van der Waals surface area contributed by atoms with Gasteiger partial charge in [0.2, 0.25) is 0 Å². The number of rotatable bonds is 4. The fraction of sp³-hybridized carbons (Fsp3) is 0.200. The van der Waals surface area contributed by atoms with E-state index < -0.39 is 0 Å². The molecule has 2 aromatic rings. The lowest BCUT2D eigenvalue weighted by Crippen LogP contribution is -2.01. The van der Waals surface area contributed by atoms with Gasteiger partial charge in [0.05, 0.1) is 7.11 Å². The monoisotopic (exact) mass is 244 g/mol. The maximum atomic E-state index is 5.39. The molecular weight excluding hydrogens is 227 g/mol. The molecule has 0 N–H and O–H groups in total. The minimum absolute atomic E-state index is 0.154. The molecule has 17 heavy (non-hydrogen) atoms. The summed E-state index contributed by atoms with van der Waals surface area (Å²) in [5.41, 5.74) is 1.30. The lowest BCUT2D eigenvalue weighted by molar-refractivity contribution is 0.411. The van der Waals surface area contributed by atoms with Gasteiger partial charge in [-0.25, -0.2) is 0 Å². The molecule has 0 aliphatic rings. The van der Waals surface area contributed by atoms with Crippen LogP contribution in [0.15, 0.2) is 54.6 Å². The Morgan fingerprint density at radius 3 is 2.29 bits per heavy atom. The summed E-state index contributed by atoms with van der Waals surface area (Å²) in [4.78, 5) is 0. The standard InChI is InChI=1S/C15H17OP/c1-16-15-11-7-6-8-13(15)12-17(2)14-9-4-3-5-10-14/h3-11H,12H2,1-2H3. The summed E-state index contributed by atoms with van der Waals surface area (Å²) in [5, 5.41) is 1.44. The number of ether oxygens (including phenoxy) is 1. The summed E-state index contributed by atoms with van der Waals surface area (Å²) in [5.74, 6) is 0.998. The predicted molar refractivity (Wildman–Crippen MR) is 75.6 cm³/mol. The van der Waals surface area contributed by atoms with Crippen LogP contribution in [-0.2, 0) is 6.16 Å². The highest BCUT2D eigenvalue weighted by Gasteiger charge is 2.08. The van der Waals surface area contributed by atoms with Crippen molar-refractivity contribution < 1.29 is 4.74 Å². The van der Waals surface area contributed by atoms with Gasteiger partial charge in [0, 0.05) is 6.16 Å². The van der Waals surface area contributed by atoms with Crippen LogP contribution in [0.25, 0.3) is 0 Å². The molecule has 0 spiro atoms. The Balaban J connectivity index is 2.16. The molecule has 2 heteroatoms. The first-order chi connectivity index (χ1) is 8.31. The van der Waals surface area contributed by atoms with Crippen molar-refractivity contribution in [1.29, 1.82) is 0 Å². The summed E-state index contributed by atoms with van der Waals surface area (Å²) in [7, 11) is 1.58. The zero-order valence-corrected chi connectivity index (χ0v) is 11.2. The molecule has 0 aliphatic heterocycles. The molecule has 0 aliphatic carbocycles. The van der Waals surface area contributed by atoms with Gasteiger partial charge >= 0.3 is 0 Å². The normalized spacial score (nSPS) is 12.1. The number of hydrogen-bond acceptors (Lipinski definition) is 1. The smallest absolute Gasteiger partial charge is 0.122 e. The Morgan fingerprint density at radius 1 is 0.941 bits per heavy atom. The minimum Gasteiger partial charge on any atom is -0.496 e. The third kappa shape index (κ3) is 3.08. The Kier molecular flexibility index (Phi) is 4.17. The predicted octanol–water partition coefficient (Wildman–Crippen LogP) is 3.63. The first-order valence-corrected chi connectivity index (χ1v) is 7.67. The van der Waals surface area contributed by atoms with Gasteiger partial charge in [-0.2, -0.15) is 0 Å². The average Bonchev–Trinajstić information content (AvgIpc) is 2.40. The maximum Gasteiger partial charge on any atom is 0.122 e. The molecule has 0 saturated carbocycles. The first-order valence-electron chi connectivity index (χ1n) is 5.69. The molecule has 0 bridgehead atoms. The molecule has 1 nitrogen and oxygen atoms in total. The fourth-order valence-corrected chi connectivity index (χ4v) is 3.50. The van der Waals surface area contributed by atoms with Gasteiger partial charge in [-0.1, -0.05) is 56.5 Å². The van der Waals surface area contributed by atoms with Crippen molar-refractivity contribution in [3.05, 3.63) is 60.2 Å². The number of methoxy groups -OCH3 is 1. The van der Waals surface area contributed by atoms with Crippen LogP contribution in [0.2, 0.25) is 0 Å². The van der Waals surface area contributed by atoms with Crippen molar-refractivity contribution in [2.75, 3.05) is 13.8 Å². The van der Waals surface area contributed by atoms with Crippen molar-refractivity contribution in [1.82, 2.24) is 0 Å². The van der Waals surface area contributed by atoms with E-state index in [2.05, 4.69) is 49.1 Å². The Bertz CT molecular complexity index is 467. The van der Waals surface area contributed by atoms with Crippen LogP contribution >= 0.6 is 7.92 Å². The lowest BCUT2D eigenvalue weighted by Gasteiger charge is -2.14. The first kappa shape index (κ1) is 12.1. The lowest BCUT2D eigenvalue weighted by atomic mass is 10.2. The summed E-state index contributed by atoms with van der Waals surface area (Å²) in [6.45, 7) is 2.32. The maximum absolute atomic E-state index is 5.39. The van der Waals surface area contributed by atoms with Crippen molar-refractivity contribution in [3.63, 3.8) is 0 Å². The second kappa shape index (κ2) is 5.84. The van der Waals surface area contributed by atoms with Crippen molar-refractivity contribution in [2.24, 2.45) is 0 Å². The van der Waals surface area contributed by atoms with E-state index in [1.807, 2.05) is 12.1 Å². The van der Waals surface area contributed by atoms with E-state index in [-0.39, 0.29) is 7.92 Å². The Hall–Kier alpha value is -1.33. The fourth-order valence-electron chi connectivity index (χ4n) is 1.86. The molecule has 0 amide bonds. The largest absolute Gasteiger partial charge is 0.496 e. The van der Waals surface area contributed by atoms with Crippen LogP contribution in [0.5, 0.6) is 5.75 Å². The molecule has 0 fully saturated rings. The van der Waals surface area contributed by atoms with Crippen molar-refractivity contribution in [3.8, 4) is 5.75 Å². The highest BCUT2D eigenvalue weighted by atomic mass is 31.1. The van der Waals surface area contributed by atoms with Gasteiger partial charge in [-0.15, -0.1) is 0 Å². The number of para-hydroxylation sites is 1. The van der Waals surface area contributed by atoms with Gasteiger partial charge in [-0.05, 0) is 23.6 Å². The molecule has 1 unspecified atom stereocenters. The van der Waals surface area contributed by atoms with Crippen LogP contribution in [0.3, 0.4) is 0 Å². The van der Waals surface area contributed by atoms with E-state index >= 15 is 0 Å². The quantitative estimate of drug-likeness (QED) is 0.746. The molecule has 88 valence electrons. The zero-order chi connectivity index (χ0) is 12.1. The highest BCUT2D eigenvalue weighted by molar-refractivity contribution is 7.64. The molecule has 1 atom stereocenters. The van der Waals surface area contributed by atoms with Crippen LogP contribution in [0.1, 0.15) is 5.56 Å². The Morgan fingerprint density at radius 2 is 1.59 bits per heavy atom. The van der Waals surface area contributed by atoms with Crippen molar-refractivity contribution >= 4 is 13.2 Å². The van der Waals surface area contributed by atoms with E-state index in [0.29, 0.717) is 0 Å². The minimum atomic E-state index is -0.154. The van der Waals surface area contributed by atoms with Gasteiger partial charge in [0.15, 0.2) is 0 Å². The van der Waals surface area contributed by atoms with Crippen LogP contribution in [0.4, 0.5) is 0 Å². The van der Waals surface area contributed by atoms with E-state index in [9.17, 15) is 0 Å². The number of benzene rings is 2. The Labute approximate surface area is 104 Å². The van der Waals surface area contributed by atoms with E-state index in [1.54, 1.807) is 7.11 Å². The van der Waals surface area contributed by atoms with Gasteiger partial charge in [0.25, 0.3) is 0 Å². The summed E-state index contributed by atoms with van der Waals surface area (Å²) in [6.07, 6.45) is 1.07. The van der Waals surface area contributed by atoms with E-state index in [1.165, 1.54) is 10.9 Å². The van der Waals surface area contributed by atoms with Crippen molar-refractivity contribution in [2.45, 2.75) is 6.16 Å². The van der Waals surface area contributed by atoms with Crippen LogP contribution < -0.4 is 10.0 Å². The second-order valence-electron chi connectivity index (χ2n) is 4.00. The zero-order valence-electron chi connectivity index (χ0n) is 10.3. The summed E-state index contributed by atoms with van der Waals surface area (Å²) in [6, 6.07) is 19.0. The van der Waals surface area contributed by atoms with Gasteiger partial charge in [0.1, 0.15) is 5.75 Å².